The maximum absolute atomic E-state index is 11.1. The van der Waals surface area contributed by atoms with E-state index in [-0.39, 0.29) is 5.92 Å². The zero-order chi connectivity index (χ0) is 17.7. The molecular weight excluding hydrogens is 280 g/mol. The maximum Gasteiger partial charge on any atom is 0.202 e. The molecule has 0 spiro atoms. The van der Waals surface area contributed by atoms with Crippen LogP contribution in [-0.2, 0) is 4.79 Å². The summed E-state index contributed by atoms with van der Waals surface area (Å²) >= 11 is 0. The molecule has 0 fully saturated rings. The summed E-state index contributed by atoms with van der Waals surface area (Å²) in [5, 5.41) is 0. The minimum Gasteiger partial charge on any atom is -0.291 e. The van der Waals surface area contributed by atoms with Crippen molar-refractivity contribution in [2.75, 3.05) is 0 Å². The van der Waals surface area contributed by atoms with E-state index in [1.807, 2.05) is 0 Å². The molecule has 0 atom stereocenters. The van der Waals surface area contributed by atoms with Crippen LogP contribution in [0.3, 0.4) is 0 Å². The standard InChI is InChI=1S/C22H35O/c1-18(2)9-7-11-20(5)13-15-22(17-23)16-14-21(6)12-8-10-19(3)4/h9-10,13-14,22H,7-8,11-12,15-16H2,1-6H3/b20-13+,21-14+. The minimum atomic E-state index is -0.00759. The summed E-state index contributed by atoms with van der Waals surface area (Å²) in [6.07, 6.45) is 17.1. The Morgan fingerprint density at radius 2 is 1.13 bits per heavy atom. The summed E-state index contributed by atoms with van der Waals surface area (Å²) in [6, 6.07) is 0. The summed E-state index contributed by atoms with van der Waals surface area (Å²) in [7, 11) is 0. The van der Waals surface area contributed by atoms with Crippen LogP contribution in [0.25, 0.3) is 0 Å². The fourth-order valence-electron chi connectivity index (χ4n) is 2.26. The fourth-order valence-corrected chi connectivity index (χ4v) is 2.26. The Bertz CT molecular complexity index is 412. The lowest BCUT2D eigenvalue weighted by Gasteiger charge is -2.06. The van der Waals surface area contributed by atoms with Crippen molar-refractivity contribution in [2.24, 2.45) is 5.92 Å². The number of carbonyl (C=O) groups excluding carboxylic acids is 1. The van der Waals surface area contributed by atoms with Gasteiger partial charge < -0.3 is 0 Å². The van der Waals surface area contributed by atoms with Crippen LogP contribution in [-0.4, -0.2) is 6.29 Å². The van der Waals surface area contributed by atoms with Crippen LogP contribution in [0.1, 0.15) is 80.1 Å². The predicted molar refractivity (Wildman–Crippen MR) is 103 cm³/mol. The fraction of sp³-hybridized carbons (Fsp3) is 0.591. The smallest absolute Gasteiger partial charge is 0.202 e. The first kappa shape index (κ1) is 21.6. The molecule has 0 saturated carbocycles. The predicted octanol–water partition coefficient (Wildman–Crippen LogP) is 6.88. The Labute approximate surface area is 144 Å². The first-order chi connectivity index (χ1) is 10.8. The molecule has 23 heavy (non-hydrogen) atoms. The second-order valence-electron chi connectivity index (χ2n) is 7.03. The van der Waals surface area contributed by atoms with E-state index < -0.39 is 0 Å². The van der Waals surface area contributed by atoms with Gasteiger partial charge in [-0.2, -0.15) is 0 Å². The van der Waals surface area contributed by atoms with Crippen molar-refractivity contribution in [1.82, 2.24) is 0 Å². The molecular formula is C22H35O. The number of hydrogen-bond acceptors (Lipinski definition) is 1. The topological polar surface area (TPSA) is 17.1 Å². The second-order valence-corrected chi connectivity index (χ2v) is 7.03. The molecule has 0 unspecified atom stereocenters. The molecule has 0 amide bonds. The third kappa shape index (κ3) is 14.0. The van der Waals surface area contributed by atoms with Crippen molar-refractivity contribution in [3.8, 4) is 0 Å². The Balaban J connectivity index is 4.26. The van der Waals surface area contributed by atoms with E-state index in [0.717, 1.165) is 38.5 Å². The van der Waals surface area contributed by atoms with Gasteiger partial charge in [-0.15, -0.1) is 0 Å². The van der Waals surface area contributed by atoms with Crippen LogP contribution < -0.4 is 0 Å². The Morgan fingerprint density at radius 1 is 0.739 bits per heavy atom. The summed E-state index contributed by atoms with van der Waals surface area (Å²) in [4.78, 5) is 11.1. The third-order valence-electron chi connectivity index (χ3n) is 3.85. The van der Waals surface area contributed by atoms with E-state index in [1.54, 1.807) is 0 Å². The lowest BCUT2D eigenvalue weighted by molar-refractivity contribution is 0.520. The van der Waals surface area contributed by atoms with Crippen molar-refractivity contribution in [3.63, 3.8) is 0 Å². The number of allylic oxidation sites excluding steroid dienone is 8. The van der Waals surface area contributed by atoms with E-state index in [9.17, 15) is 4.79 Å². The number of hydrogen-bond donors (Lipinski definition) is 0. The van der Waals surface area contributed by atoms with Gasteiger partial charge in [-0.05, 0) is 80.1 Å². The van der Waals surface area contributed by atoms with Gasteiger partial charge in [-0.25, -0.2) is 0 Å². The van der Waals surface area contributed by atoms with Crippen molar-refractivity contribution >= 4 is 6.29 Å². The lowest BCUT2D eigenvalue weighted by atomic mass is 9.98. The van der Waals surface area contributed by atoms with Crippen LogP contribution in [0.4, 0.5) is 0 Å². The van der Waals surface area contributed by atoms with Crippen molar-refractivity contribution < 1.29 is 4.79 Å². The molecule has 0 aromatic heterocycles. The molecule has 0 saturated heterocycles. The molecule has 0 aromatic rings. The van der Waals surface area contributed by atoms with Crippen molar-refractivity contribution in [3.05, 3.63) is 46.6 Å². The van der Waals surface area contributed by atoms with E-state index in [0.29, 0.717) is 0 Å². The van der Waals surface area contributed by atoms with Crippen LogP contribution in [0.15, 0.2) is 46.6 Å². The maximum atomic E-state index is 11.1. The highest BCUT2D eigenvalue weighted by atomic mass is 16.1. The first-order valence-electron chi connectivity index (χ1n) is 8.80. The van der Waals surface area contributed by atoms with E-state index >= 15 is 0 Å². The molecule has 129 valence electrons. The van der Waals surface area contributed by atoms with Gasteiger partial charge in [-0.1, -0.05) is 46.6 Å². The van der Waals surface area contributed by atoms with Gasteiger partial charge in [0.05, 0.1) is 0 Å². The molecule has 1 radical (unpaired) electrons. The molecule has 0 rings (SSSR count). The van der Waals surface area contributed by atoms with Gasteiger partial charge in [0.25, 0.3) is 0 Å². The SMILES string of the molecule is CC(C)=CCC/C(C)=C/CC([C]=O)C/C=C(\C)CCC=C(C)C. The number of rotatable bonds is 11. The Kier molecular flexibility index (Phi) is 12.3. The van der Waals surface area contributed by atoms with Gasteiger partial charge >= 0.3 is 0 Å². The van der Waals surface area contributed by atoms with Gasteiger partial charge in [0.15, 0.2) is 0 Å². The normalized spacial score (nSPS) is 13.5. The van der Waals surface area contributed by atoms with Crippen LogP contribution >= 0.6 is 0 Å². The Hall–Kier alpha value is -1.37. The average Bonchev–Trinajstić information content (AvgIpc) is 2.46. The molecule has 0 aliphatic carbocycles. The molecule has 0 aromatic carbocycles. The second kappa shape index (κ2) is 13.1. The van der Waals surface area contributed by atoms with Gasteiger partial charge in [0.1, 0.15) is 0 Å². The van der Waals surface area contributed by atoms with E-state index in [1.165, 1.54) is 22.3 Å². The van der Waals surface area contributed by atoms with Crippen molar-refractivity contribution in [2.45, 2.75) is 80.1 Å². The summed E-state index contributed by atoms with van der Waals surface area (Å²) in [5.74, 6) is -0.00759. The van der Waals surface area contributed by atoms with E-state index in [2.05, 4.69) is 72.1 Å². The molecule has 0 aliphatic rings. The first-order valence-corrected chi connectivity index (χ1v) is 8.80. The summed E-state index contributed by atoms with van der Waals surface area (Å²) < 4.78 is 0. The highest BCUT2D eigenvalue weighted by Crippen LogP contribution is 2.15. The van der Waals surface area contributed by atoms with Gasteiger partial charge in [0, 0.05) is 5.92 Å². The Morgan fingerprint density at radius 3 is 1.43 bits per heavy atom. The van der Waals surface area contributed by atoms with Crippen LogP contribution in [0, 0.1) is 5.92 Å². The quantitative estimate of drug-likeness (QED) is 0.380. The monoisotopic (exact) mass is 315 g/mol. The van der Waals surface area contributed by atoms with E-state index in [4.69, 9.17) is 0 Å². The third-order valence-corrected chi connectivity index (χ3v) is 3.85. The molecule has 0 heterocycles. The average molecular weight is 316 g/mol. The van der Waals surface area contributed by atoms with Gasteiger partial charge in [0.2, 0.25) is 6.29 Å². The van der Waals surface area contributed by atoms with Crippen LogP contribution in [0.2, 0.25) is 0 Å². The lowest BCUT2D eigenvalue weighted by Crippen LogP contribution is -1.99. The summed E-state index contributed by atoms with van der Waals surface area (Å²) in [5.41, 5.74) is 5.47. The molecule has 1 nitrogen and oxygen atoms in total. The van der Waals surface area contributed by atoms with Crippen LogP contribution in [0.5, 0.6) is 0 Å². The largest absolute Gasteiger partial charge is 0.291 e. The zero-order valence-electron chi connectivity index (χ0n) is 16.0. The van der Waals surface area contributed by atoms with Crippen molar-refractivity contribution in [1.29, 1.82) is 0 Å². The molecule has 0 bridgehead atoms. The zero-order valence-corrected chi connectivity index (χ0v) is 16.0. The minimum absolute atomic E-state index is 0.00759. The molecule has 1 heteroatoms. The highest BCUT2D eigenvalue weighted by Gasteiger charge is 2.05. The van der Waals surface area contributed by atoms with Gasteiger partial charge in [-0.3, -0.25) is 4.79 Å². The molecule has 0 aliphatic heterocycles. The highest BCUT2D eigenvalue weighted by molar-refractivity contribution is 5.55. The summed E-state index contributed by atoms with van der Waals surface area (Å²) in [6.45, 7) is 12.8. The molecule has 0 N–H and O–H groups in total.